The van der Waals surface area contributed by atoms with Gasteiger partial charge in [0.1, 0.15) is 0 Å². The van der Waals surface area contributed by atoms with E-state index in [4.69, 9.17) is 10.2 Å². The fourth-order valence-electron chi connectivity index (χ4n) is 2.21. The van der Waals surface area contributed by atoms with Crippen LogP contribution >= 0.6 is 0 Å². The number of carboxylic acids is 3. The van der Waals surface area contributed by atoms with Crippen molar-refractivity contribution >= 4 is 17.9 Å². The average Bonchev–Trinajstić information content (AvgIpc) is 2.56. The van der Waals surface area contributed by atoms with Gasteiger partial charge in [0, 0.05) is 38.7 Å². The Morgan fingerprint density at radius 1 is 0.821 bits per heavy atom. The van der Waals surface area contributed by atoms with Crippen LogP contribution in [-0.2, 0) is 14.4 Å². The molecule has 0 aliphatic heterocycles. The van der Waals surface area contributed by atoms with Crippen molar-refractivity contribution in [1.82, 2.24) is 9.80 Å². The molecule has 0 aromatic heterocycles. The summed E-state index contributed by atoms with van der Waals surface area (Å²) in [6.07, 6.45) is 2.90. The molecule has 0 radical (unpaired) electrons. The van der Waals surface area contributed by atoms with Crippen molar-refractivity contribution in [2.45, 2.75) is 45.4 Å². The molecule has 0 bridgehead atoms. The fourth-order valence-corrected chi connectivity index (χ4v) is 2.21. The summed E-state index contributed by atoms with van der Waals surface area (Å²) in [6.45, 7) is 3.04. The van der Waals surface area contributed by atoms with Crippen molar-refractivity contribution in [3.63, 3.8) is 0 Å². The van der Waals surface area contributed by atoms with Crippen molar-refractivity contribution < 1.29 is 138 Å². The molecule has 0 saturated heterocycles. The van der Waals surface area contributed by atoms with E-state index in [-0.39, 0.29) is 147 Å². The molecule has 0 amide bonds. The summed E-state index contributed by atoms with van der Waals surface area (Å²) in [7, 11) is 0. The van der Waals surface area contributed by atoms with E-state index in [2.05, 4.69) is 0 Å². The van der Waals surface area contributed by atoms with Crippen LogP contribution in [0.3, 0.4) is 0 Å². The van der Waals surface area contributed by atoms with Crippen molar-refractivity contribution in [3.8, 4) is 0 Å². The first-order chi connectivity index (χ1) is 12.2. The predicted molar refractivity (Wildman–Crippen MR) is 89.8 cm³/mol. The molecule has 9 nitrogen and oxygen atoms in total. The van der Waals surface area contributed by atoms with Crippen LogP contribution in [0, 0.1) is 0 Å². The van der Waals surface area contributed by atoms with Gasteiger partial charge in [-0.15, -0.1) is 5.76 Å². The number of carbonyl (C=O) groups is 3. The van der Waals surface area contributed by atoms with Gasteiger partial charge >= 0.3 is 115 Å². The smallest absolute Gasteiger partial charge is 0.874 e. The Bertz CT molecular complexity index is 472. The summed E-state index contributed by atoms with van der Waals surface area (Å²) < 4.78 is 0. The maximum Gasteiger partial charge on any atom is 1.00 e. The van der Waals surface area contributed by atoms with Gasteiger partial charge in [0.2, 0.25) is 0 Å². The van der Waals surface area contributed by atoms with Crippen molar-refractivity contribution in [2.24, 2.45) is 0 Å². The Kier molecular flexibility index (Phi) is 25.5. The van der Waals surface area contributed by atoms with Crippen LogP contribution in [0.15, 0.2) is 12.0 Å². The molecule has 0 rings (SSSR count). The molecule has 28 heavy (non-hydrogen) atoms. The maximum atomic E-state index is 11.9. The summed E-state index contributed by atoms with van der Waals surface area (Å²) in [5.74, 6) is -3.30. The van der Waals surface area contributed by atoms with E-state index in [1.54, 1.807) is 9.80 Å². The van der Waals surface area contributed by atoms with Gasteiger partial charge in [0.15, 0.2) is 0 Å². The summed E-state index contributed by atoms with van der Waals surface area (Å²) >= 11 is 0. The van der Waals surface area contributed by atoms with Gasteiger partial charge in [-0.25, -0.2) is 0 Å². The quantitative estimate of drug-likeness (QED) is 0.173. The van der Waals surface area contributed by atoms with Crippen molar-refractivity contribution in [2.75, 3.05) is 32.7 Å². The minimum atomic E-state index is -1.23. The number of hydrogen-bond acceptors (Lipinski definition) is 7. The molecule has 0 saturated carbocycles. The molecule has 0 fully saturated rings. The first-order valence-electron chi connectivity index (χ1n) is 8.72. The van der Waals surface area contributed by atoms with Crippen molar-refractivity contribution in [3.05, 3.63) is 12.0 Å². The van der Waals surface area contributed by atoms with Crippen LogP contribution < -0.4 is 113 Å². The van der Waals surface area contributed by atoms with Gasteiger partial charge in [-0.2, -0.15) is 0 Å². The summed E-state index contributed by atoms with van der Waals surface area (Å²) in [5, 5.41) is 40.1. The molecule has 0 atom stereocenters. The Balaban J connectivity index is -0.00000312. The Hall–Kier alpha value is 0.983. The van der Waals surface area contributed by atoms with E-state index < -0.39 is 17.9 Å². The molecular weight excluding hydrogens is 422 g/mol. The number of allylic oxidation sites excluding steroid dienone is 1. The molecule has 0 aliphatic rings. The van der Waals surface area contributed by atoms with E-state index in [0.717, 1.165) is 12.8 Å². The molecule has 0 unspecified atom stereocenters. The Morgan fingerprint density at radius 2 is 1.36 bits per heavy atom. The minimum Gasteiger partial charge on any atom is -0.874 e. The zero-order valence-electron chi connectivity index (χ0n) is 17.2. The average molecular weight is 451 g/mol. The van der Waals surface area contributed by atoms with Gasteiger partial charge in [0.05, 0.1) is 12.8 Å². The molecule has 0 spiro atoms. The van der Waals surface area contributed by atoms with E-state index in [1.165, 1.54) is 6.20 Å². The normalized spacial score (nSPS) is 10.7. The number of hydrogen-bond donors (Lipinski definition) is 2. The number of rotatable bonds is 16. The summed E-state index contributed by atoms with van der Waals surface area (Å²) in [6, 6.07) is 0. The Morgan fingerprint density at radius 3 is 1.86 bits per heavy atom. The number of carboxylic acid groups (broad SMARTS) is 3. The molecule has 0 aromatic rings. The SMILES string of the molecule is CCCC/C([O-])=C/N(CCC(=O)O)CCN(CCC(=O)[O-])CCC(=O)O.[K+].[K+]. The zero-order valence-corrected chi connectivity index (χ0v) is 23.4. The molecule has 0 heterocycles. The van der Waals surface area contributed by atoms with Gasteiger partial charge < -0.3 is 35.0 Å². The van der Waals surface area contributed by atoms with Crippen molar-refractivity contribution in [1.29, 1.82) is 0 Å². The number of aliphatic carboxylic acids is 3. The number of nitrogens with zero attached hydrogens (tertiary/aromatic N) is 2. The van der Waals surface area contributed by atoms with Crippen LogP contribution in [0.5, 0.6) is 0 Å². The third-order valence-electron chi connectivity index (χ3n) is 3.69. The van der Waals surface area contributed by atoms with Gasteiger partial charge in [-0.05, 0) is 19.0 Å². The first-order valence-corrected chi connectivity index (χ1v) is 8.72. The fraction of sp³-hybridized carbons (Fsp3) is 0.706. The van der Waals surface area contributed by atoms with Crippen LogP contribution in [0.2, 0.25) is 0 Å². The third kappa shape index (κ3) is 21.7. The van der Waals surface area contributed by atoms with Crippen LogP contribution in [-0.4, -0.2) is 70.6 Å². The van der Waals surface area contributed by atoms with E-state index in [1.807, 2.05) is 6.92 Å². The second-order valence-electron chi connectivity index (χ2n) is 5.99. The second kappa shape index (κ2) is 21.2. The minimum absolute atomic E-state index is 0. The van der Waals surface area contributed by atoms with Crippen LogP contribution in [0.4, 0.5) is 0 Å². The summed E-state index contributed by atoms with van der Waals surface area (Å²) in [4.78, 5) is 35.4. The van der Waals surface area contributed by atoms with Gasteiger partial charge in [0.25, 0.3) is 0 Å². The molecule has 0 aromatic carbocycles. The molecule has 0 aliphatic carbocycles. The largest absolute Gasteiger partial charge is 1.00 e. The number of unbranched alkanes of at least 4 members (excludes halogenated alkanes) is 1. The standard InChI is InChI=1S/C17H30N2O7.2K/c1-2-3-4-14(20)13-19(10-7-17(25)26)12-11-18(8-5-15(21)22)9-6-16(23)24;;/h13,20H,2-12H2,1H3,(H,21,22)(H,23,24)(H,25,26);;/q;2*+1/p-2/b14-13-;;. The van der Waals surface area contributed by atoms with Crippen LogP contribution in [0.1, 0.15) is 45.4 Å². The monoisotopic (exact) mass is 450 g/mol. The van der Waals surface area contributed by atoms with Crippen LogP contribution in [0.25, 0.3) is 0 Å². The third-order valence-corrected chi connectivity index (χ3v) is 3.69. The number of carbonyl (C=O) groups excluding carboxylic acids is 1. The van der Waals surface area contributed by atoms with E-state index in [0.29, 0.717) is 19.5 Å². The first kappa shape index (κ1) is 33.6. The summed E-state index contributed by atoms with van der Waals surface area (Å²) in [5.41, 5.74) is 0. The zero-order chi connectivity index (χ0) is 19.9. The second-order valence-corrected chi connectivity index (χ2v) is 5.99. The topological polar surface area (TPSA) is 144 Å². The van der Waals surface area contributed by atoms with Gasteiger partial charge in [-0.1, -0.05) is 19.8 Å². The Labute approximate surface area is 251 Å². The molecule has 150 valence electrons. The molecular formula is C17H28K2N2O7. The maximum absolute atomic E-state index is 11.9. The van der Waals surface area contributed by atoms with E-state index in [9.17, 15) is 24.6 Å². The predicted octanol–water partition coefficient (Wildman–Crippen LogP) is -6.92. The molecule has 2 N–H and O–H groups in total. The van der Waals surface area contributed by atoms with Gasteiger partial charge in [-0.3, -0.25) is 9.59 Å². The molecule has 11 heteroatoms. The van der Waals surface area contributed by atoms with E-state index >= 15 is 0 Å².